The average molecular weight is 401 g/mol. The van der Waals surface area contributed by atoms with Crippen LogP contribution in [0, 0.1) is 17.6 Å². The van der Waals surface area contributed by atoms with E-state index in [4.69, 9.17) is 0 Å². The minimum atomic E-state index is -0.141. The zero-order chi connectivity index (χ0) is 21.2. The summed E-state index contributed by atoms with van der Waals surface area (Å²) in [6.45, 7) is 8.61. The van der Waals surface area contributed by atoms with Crippen molar-refractivity contribution in [1.82, 2.24) is 0 Å². The molecule has 2 rings (SSSR count). The van der Waals surface area contributed by atoms with E-state index in [0.717, 1.165) is 80.0 Å². The Morgan fingerprint density at radius 3 is 2.10 bits per heavy atom. The van der Waals surface area contributed by atoms with Gasteiger partial charge in [0.05, 0.1) is 0 Å². The van der Waals surface area contributed by atoms with Gasteiger partial charge in [-0.3, -0.25) is 0 Å². The average Bonchev–Trinajstić information content (AvgIpc) is 2.72. The van der Waals surface area contributed by atoms with Crippen molar-refractivity contribution in [2.45, 2.75) is 91.4 Å². The lowest BCUT2D eigenvalue weighted by atomic mass is 9.72. The molecule has 29 heavy (non-hydrogen) atoms. The molecule has 0 aliphatic carbocycles. The van der Waals surface area contributed by atoms with E-state index >= 15 is 4.39 Å². The molecule has 0 aliphatic rings. The summed E-state index contributed by atoms with van der Waals surface area (Å²) in [6, 6.07) is 10.9. The summed E-state index contributed by atoms with van der Waals surface area (Å²) in [6.07, 6.45) is 8.86. The molecule has 0 spiro atoms. The summed E-state index contributed by atoms with van der Waals surface area (Å²) in [4.78, 5) is 0. The fourth-order valence-corrected chi connectivity index (χ4v) is 4.68. The Labute approximate surface area is 176 Å². The molecule has 160 valence electrons. The lowest BCUT2D eigenvalue weighted by Gasteiger charge is -2.32. The Hall–Kier alpha value is -1.70. The van der Waals surface area contributed by atoms with Crippen molar-refractivity contribution in [1.29, 1.82) is 0 Å². The summed E-state index contributed by atoms with van der Waals surface area (Å²) in [5, 5.41) is 0. The SMILES string of the molecule is CCCCc1c(F)cccc1C(c1c(F)cccc1CC)[C@@H](CCC)CCCC. The number of rotatable bonds is 12. The Kier molecular flexibility index (Phi) is 9.84. The van der Waals surface area contributed by atoms with Crippen LogP contribution in [0.2, 0.25) is 0 Å². The number of hydrogen-bond acceptors (Lipinski definition) is 0. The highest BCUT2D eigenvalue weighted by Gasteiger charge is 2.30. The van der Waals surface area contributed by atoms with Gasteiger partial charge in [0, 0.05) is 5.92 Å². The van der Waals surface area contributed by atoms with Crippen LogP contribution in [0.15, 0.2) is 36.4 Å². The van der Waals surface area contributed by atoms with Gasteiger partial charge in [0.25, 0.3) is 0 Å². The minimum absolute atomic E-state index is 0.0831. The predicted molar refractivity (Wildman–Crippen MR) is 121 cm³/mol. The number of halogens is 2. The van der Waals surface area contributed by atoms with Gasteiger partial charge in [0.1, 0.15) is 11.6 Å². The molecule has 0 amide bonds. The number of unbranched alkanes of at least 4 members (excludes halogenated alkanes) is 2. The molecule has 2 aromatic rings. The maximum absolute atomic E-state index is 15.3. The first-order valence-electron chi connectivity index (χ1n) is 11.6. The van der Waals surface area contributed by atoms with Crippen LogP contribution in [0.5, 0.6) is 0 Å². The molecule has 0 bridgehead atoms. The van der Waals surface area contributed by atoms with Crippen molar-refractivity contribution in [3.8, 4) is 0 Å². The Morgan fingerprint density at radius 2 is 1.45 bits per heavy atom. The van der Waals surface area contributed by atoms with Crippen molar-refractivity contribution in [3.05, 3.63) is 70.3 Å². The number of hydrogen-bond donors (Lipinski definition) is 0. The largest absolute Gasteiger partial charge is 0.207 e. The topological polar surface area (TPSA) is 0 Å². The van der Waals surface area contributed by atoms with Crippen molar-refractivity contribution in [2.75, 3.05) is 0 Å². The van der Waals surface area contributed by atoms with Gasteiger partial charge >= 0.3 is 0 Å². The molecule has 2 heteroatoms. The maximum atomic E-state index is 15.3. The van der Waals surface area contributed by atoms with Crippen LogP contribution in [0.1, 0.15) is 101 Å². The molecular formula is C27H38F2. The van der Waals surface area contributed by atoms with Gasteiger partial charge in [-0.05, 0) is 72.4 Å². The highest BCUT2D eigenvalue weighted by atomic mass is 19.1. The highest BCUT2D eigenvalue weighted by Crippen LogP contribution is 2.42. The predicted octanol–water partition coefficient (Wildman–Crippen LogP) is 8.61. The molecule has 2 atom stereocenters. The smallest absolute Gasteiger partial charge is 0.127 e. The molecule has 0 heterocycles. The molecule has 1 unspecified atom stereocenters. The van der Waals surface area contributed by atoms with E-state index in [-0.39, 0.29) is 17.6 Å². The maximum Gasteiger partial charge on any atom is 0.127 e. The van der Waals surface area contributed by atoms with Gasteiger partial charge in [-0.2, -0.15) is 0 Å². The molecule has 0 fully saturated rings. The van der Waals surface area contributed by atoms with Gasteiger partial charge < -0.3 is 0 Å². The Morgan fingerprint density at radius 1 is 0.759 bits per heavy atom. The molecule has 2 aromatic carbocycles. The van der Waals surface area contributed by atoms with Gasteiger partial charge in [-0.15, -0.1) is 0 Å². The lowest BCUT2D eigenvalue weighted by Crippen LogP contribution is -2.20. The summed E-state index contributed by atoms with van der Waals surface area (Å²) >= 11 is 0. The van der Waals surface area contributed by atoms with E-state index in [2.05, 4.69) is 33.8 Å². The Bertz CT molecular complexity index is 750. The van der Waals surface area contributed by atoms with Gasteiger partial charge in [-0.25, -0.2) is 8.78 Å². The van der Waals surface area contributed by atoms with Crippen LogP contribution >= 0.6 is 0 Å². The molecular weight excluding hydrogens is 362 g/mol. The molecule has 0 nitrogen and oxygen atoms in total. The molecule has 0 aliphatic heterocycles. The second kappa shape index (κ2) is 12.1. The van der Waals surface area contributed by atoms with E-state index in [1.54, 1.807) is 18.2 Å². The van der Waals surface area contributed by atoms with Crippen LogP contribution in [0.3, 0.4) is 0 Å². The highest BCUT2D eigenvalue weighted by molar-refractivity contribution is 5.44. The zero-order valence-electron chi connectivity index (χ0n) is 18.7. The first kappa shape index (κ1) is 23.6. The molecule has 0 saturated carbocycles. The Balaban J connectivity index is 2.70. The van der Waals surface area contributed by atoms with Gasteiger partial charge in [-0.1, -0.05) is 77.6 Å². The minimum Gasteiger partial charge on any atom is -0.207 e. The van der Waals surface area contributed by atoms with Gasteiger partial charge in [0.15, 0.2) is 0 Å². The van der Waals surface area contributed by atoms with Crippen LogP contribution < -0.4 is 0 Å². The van der Waals surface area contributed by atoms with E-state index in [9.17, 15) is 4.39 Å². The monoisotopic (exact) mass is 400 g/mol. The van der Waals surface area contributed by atoms with Crippen LogP contribution in [-0.4, -0.2) is 0 Å². The van der Waals surface area contributed by atoms with Crippen LogP contribution in [0.4, 0.5) is 8.78 Å². The van der Waals surface area contributed by atoms with Crippen molar-refractivity contribution >= 4 is 0 Å². The number of aryl methyl sites for hydroxylation is 1. The first-order chi connectivity index (χ1) is 14.1. The molecule has 0 N–H and O–H groups in total. The third kappa shape index (κ3) is 5.90. The third-order valence-corrected chi connectivity index (χ3v) is 6.16. The van der Waals surface area contributed by atoms with E-state index in [1.165, 1.54) is 0 Å². The third-order valence-electron chi connectivity index (χ3n) is 6.16. The molecule has 0 aromatic heterocycles. The molecule has 0 radical (unpaired) electrons. The second-order valence-corrected chi connectivity index (χ2v) is 8.25. The van der Waals surface area contributed by atoms with Gasteiger partial charge in [0.2, 0.25) is 0 Å². The van der Waals surface area contributed by atoms with E-state index < -0.39 is 0 Å². The van der Waals surface area contributed by atoms with Crippen molar-refractivity contribution in [2.24, 2.45) is 5.92 Å². The fraction of sp³-hybridized carbons (Fsp3) is 0.556. The second-order valence-electron chi connectivity index (χ2n) is 8.25. The normalized spacial score (nSPS) is 13.4. The lowest BCUT2D eigenvalue weighted by molar-refractivity contribution is 0.376. The summed E-state index contributed by atoms with van der Waals surface area (Å²) in [5.74, 6) is -0.0386. The summed E-state index contributed by atoms with van der Waals surface area (Å²) in [5.41, 5.74) is 3.65. The number of benzene rings is 2. The quantitative estimate of drug-likeness (QED) is 0.334. The summed E-state index contributed by atoms with van der Waals surface area (Å²) in [7, 11) is 0. The van der Waals surface area contributed by atoms with Crippen molar-refractivity contribution in [3.63, 3.8) is 0 Å². The van der Waals surface area contributed by atoms with Crippen LogP contribution in [-0.2, 0) is 12.8 Å². The fourth-order valence-electron chi connectivity index (χ4n) is 4.68. The van der Waals surface area contributed by atoms with E-state index in [0.29, 0.717) is 5.92 Å². The molecule has 0 saturated heterocycles. The van der Waals surface area contributed by atoms with E-state index in [1.807, 2.05) is 12.1 Å². The van der Waals surface area contributed by atoms with Crippen LogP contribution in [0.25, 0.3) is 0 Å². The summed E-state index contributed by atoms with van der Waals surface area (Å²) < 4.78 is 30.2. The standard InChI is InChI=1S/C27H38F2/c1-5-9-14-21(13-7-3)26(27-20(8-4)15-11-19-25(27)29)23-17-12-18-24(28)22(23)16-10-6-2/h11-12,15,17-19,21,26H,5-10,13-14,16H2,1-4H3/t21-,26?/m0/s1. The zero-order valence-corrected chi connectivity index (χ0v) is 18.7. The first-order valence-corrected chi connectivity index (χ1v) is 11.6. The van der Waals surface area contributed by atoms with Crippen molar-refractivity contribution < 1.29 is 8.78 Å².